The van der Waals surface area contributed by atoms with E-state index in [1.54, 1.807) is 0 Å². The number of hydrogen-bond acceptors (Lipinski definition) is 1. The maximum atomic E-state index is 8.55. The highest BCUT2D eigenvalue weighted by molar-refractivity contribution is 4.75. The molecule has 0 fully saturated rings. The van der Waals surface area contributed by atoms with Crippen LogP contribution in [0.15, 0.2) is 12.7 Å². The van der Waals surface area contributed by atoms with E-state index in [1.807, 2.05) is 6.92 Å². The van der Waals surface area contributed by atoms with Crippen LogP contribution in [0.2, 0.25) is 0 Å². The lowest BCUT2D eigenvalue weighted by molar-refractivity contribution is 0.219. The minimum atomic E-state index is -0.301. The zero-order chi connectivity index (χ0) is 4.99. The summed E-state index contributed by atoms with van der Waals surface area (Å²) in [6.45, 7) is 5.29. The predicted octanol–water partition coefficient (Wildman–Crippen LogP) is 0.943. The molecule has 0 unspecified atom stereocenters. The summed E-state index contributed by atoms with van der Waals surface area (Å²) >= 11 is 0. The van der Waals surface area contributed by atoms with Gasteiger partial charge in [-0.3, -0.25) is 0 Å². The van der Waals surface area contributed by atoms with Crippen molar-refractivity contribution in [2.75, 3.05) is 0 Å². The molecule has 0 aliphatic rings. The molecule has 0 radical (unpaired) electrons. The first kappa shape index (κ1) is 5.70. The van der Waals surface area contributed by atoms with Crippen molar-refractivity contribution in [3.05, 3.63) is 12.7 Å². The van der Waals surface area contributed by atoms with Gasteiger partial charge in [0.2, 0.25) is 0 Å². The van der Waals surface area contributed by atoms with Gasteiger partial charge in [0.25, 0.3) is 0 Å². The third-order valence-corrected chi connectivity index (χ3v) is 0.690. The summed E-state index contributed by atoms with van der Waals surface area (Å²) in [5.41, 5.74) is 0. The van der Waals surface area contributed by atoms with E-state index < -0.39 is 0 Å². The molecular formula is C5H10O. The highest BCUT2D eigenvalue weighted by atomic mass is 16.3. The average Bonchev–Trinajstić information content (AvgIpc) is 1.65. The second-order valence-electron chi connectivity index (χ2n) is 1.21. The Balaban J connectivity index is 2.96. The monoisotopic (exact) mass is 86.1 g/mol. The Hall–Kier alpha value is -0.300. The van der Waals surface area contributed by atoms with Gasteiger partial charge in [0.15, 0.2) is 0 Å². The third-order valence-electron chi connectivity index (χ3n) is 0.690. The maximum Gasteiger partial charge on any atom is 0.0715 e. The predicted molar refractivity (Wildman–Crippen MR) is 26.5 cm³/mol. The second-order valence-corrected chi connectivity index (χ2v) is 1.21. The van der Waals surface area contributed by atoms with Crippen LogP contribution in [-0.4, -0.2) is 11.2 Å². The van der Waals surface area contributed by atoms with E-state index >= 15 is 0 Å². The van der Waals surface area contributed by atoms with Crippen molar-refractivity contribution in [3.8, 4) is 0 Å². The van der Waals surface area contributed by atoms with Crippen LogP contribution in [0.3, 0.4) is 0 Å². The molecule has 0 heterocycles. The molecule has 1 N–H and O–H groups in total. The normalized spacial score (nSPS) is 13.7. The first-order valence-electron chi connectivity index (χ1n) is 2.12. The Kier molecular flexibility index (Phi) is 2.77. The molecule has 1 atom stereocenters. The van der Waals surface area contributed by atoms with Crippen LogP contribution in [0.5, 0.6) is 0 Å². The summed E-state index contributed by atoms with van der Waals surface area (Å²) in [6, 6.07) is 0. The number of aliphatic hydroxyl groups is 1. The molecule has 0 saturated carbocycles. The molecular weight excluding hydrogens is 76.1 g/mol. The summed E-state index contributed by atoms with van der Waals surface area (Å²) in [6.07, 6.45) is 1.99. The van der Waals surface area contributed by atoms with Crippen LogP contribution in [0, 0.1) is 0 Å². The number of hydrogen-bond donors (Lipinski definition) is 1. The first-order chi connectivity index (χ1) is 2.81. The van der Waals surface area contributed by atoms with Gasteiger partial charge in [-0.25, -0.2) is 0 Å². The molecule has 0 aromatic heterocycles. The molecule has 0 aromatic carbocycles. The van der Waals surface area contributed by atoms with Gasteiger partial charge in [0, 0.05) is 0 Å². The van der Waals surface area contributed by atoms with Gasteiger partial charge >= 0.3 is 0 Å². The first-order valence-corrected chi connectivity index (χ1v) is 2.12. The summed E-state index contributed by atoms with van der Waals surface area (Å²) in [5, 5.41) is 8.55. The molecule has 0 aliphatic carbocycles. The highest BCUT2D eigenvalue weighted by Gasteiger charge is 1.86. The lowest BCUT2D eigenvalue weighted by Crippen LogP contribution is -1.95. The van der Waals surface area contributed by atoms with Crippen molar-refractivity contribution < 1.29 is 5.11 Å². The Morgan fingerprint density at radius 3 is 2.50 bits per heavy atom. The minimum absolute atomic E-state index is 0.301. The fraction of sp³-hybridized carbons (Fsp3) is 0.600. The van der Waals surface area contributed by atoms with Crippen molar-refractivity contribution in [2.45, 2.75) is 19.4 Å². The van der Waals surface area contributed by atoms with Gasteiger partial charge in [0.05, 0.1) is 6.10 Å². The molecule has 36 valence electrons. The van der Waals surface area contributed by atoms with Gasteiger partial charge in [0.1, 0.15) is 0 Å². The standard InChI is InChI=1S/C5H10O/c1-3-5(6)4-2/h3,5-6H,1,4H2,2H3/t5-/m0/s1. The minimum Gasteiger partial charge on any atom is -0.389 e. The van der Waals surface area contributed by atoms with Gasteiger partial charge < -0.3 is 5.11 Å². The van der Waals surface area contributed by atoms with Crippen molar-refractivity contribution in [3.63, 3.8) is 0 Å². The van der Waals surface area contributed by atoms with Crippen LogP contribution >= 0.6 is 0 Å². The van der Waals surface area contributed by atoms with Crippen LogP contribution in [0.1, 0.15) is 13.3 Å². The van der Waals surface area contributed by atoms with Gasteiger partial charge in [-0.05, 0) is 6.42 Å². The molecule has 0 aromatic rings. The Morgan fingerprint density at radius 2 is 2.50 bits per heavy atom. The molecule has 0 aliphatic heterocycles. The van der Waals surface area contributed by atoms with E-state index in [9.17, 15) is 0 Å². The summed E-state index contributed by atoms with van der Waals surface area (Å²) in [7, 11) is 0. The van der Waals surface area contributed by atoms with Crippen molar-refractivity contribution >= 4 is 0 Å². The van der Waals surface area contributed by atoms with Crippen LogP contribution < -0.4 is 0 Å². The quantitative estimate of drug-likeness (QED) is 0.496. The molecule has 6 heavy (non-hydrogen) atoms. The molecule has 0 saturated heterocycles. The third kappa shape index (κ3) is 1.97. The van der Waals surface area contributed by atoms with E-state index in [0.717, 1.165) is 6.42 Å². The largest absolute Gasteiger partial charge is 0.389 e. The Morgan fingerprint density at radius 1 is 2.00 bits per heavy atom. The van der Waals surface area contributed by atoms with Gasteiger partial charge in [-0.2, -0.15) is 0 Å². The Labute approximate surface area is 38.3 Å². The fourth-order valence-electron chi connectivity index (χ4n) is 0.167. The zero-order valence-corrected chi connectivity index (χ0v) is 4.02. The molecule has 0 amide bonds. The smallest absolute Gasteiger partial charge is 0.0715 e. The van der Waals surface area contributed by atoms with Gasteiger partial charge in [-0.1, -0.05) is 13.0 Å². The van der Waals surface area contributed by atoms with E-state index in [-0.39, 0.29) is 6.10 Å². The summed E-state index contributed by atoms with van der Waals surface area (Å²) < 4.78 is 0. The lowest BCUT2D eigenvalue weighted by atomic mass is 10.3. The molecule has 1 heteroatoms. The molecule has 0 bridgehead atoms. The number of rotatable bonds is 2. The van der Waals surface area contributed by atoms with E-state index in [0.29, 0.717) is 0 Å². The topological polar surface area (TPSA) is 20.2 Å². The van der Waals surface area contributed by atoms with Crippen molar-refractivity contribution in [1.29, 1.82) is 0 Å². The van der Waals surface area contributed by atoms with Gasteiger partial charge in [-0.15, -0.1) is 6.58 Å². The molecule has 0 rings (SSSR count). The lowest BCUT2D eigenvalue weighted by Gasteiger charge is -1.93. The van der Waals surface area contributed by atoms with Crippen LogP contribution in [-0.2, 0) is 0 Å². The van der Waals surface area contributed by atoms with E-state index in [2.05, 4.69) is 6.58 Å². The highest BCUT2D eigenvalue weighted by Crippen LogP contribution is 1.86. The summed E-state index contributed by atoms with van der Waals surface area (Å²) in [5.74, 6) is 0. The SMILES string of the molecule is C=C[C@H](O)CC. The van der Waals surface area contributed by atoms with Crippen molar-refractivity contribution in [1.82, 2.24) is 0 Å². The number of aliphatic hydroxyl groups excluding tert-OH is 1. The Bertz CT molecular complexity index is 41.2. The van der Waals surface area contributed by atoms with Crippen LogP contribution in [0.4, 0.5) is 0 Å². The molecule has 0 spiro atoms. The van der Waals surface area contributed by atoms with Crippen LogP contribution in [0.25, 0.3) is 0 Å². The fourth-order valence-corrected chi connectivity index (χ4v) is 0.167. The maximum absolute atomic E-state index is 8.55. The molecule has 1 nitrogen and oxygen atoms in total. The second kappa shape index (κ2) is 2.91. The average molecular weight is 86.1 g/mol. The van der Waals surface area contributed by atoms with Crippen molar-refractivity contribution in [2.24, 2.45) is 0 Å². The summed E-state index contributed by atoms with van der Waals surface area (Å²) in [4.78, 5) is 0. The van der Waals surface area contributed by atoms with E-state index in [4.69, 9.17) is 5.11 Å². The zero-order valence-electron chi connectivity index (χ0n) is 4.02. The van der Waals surface area contributed by atoms with E-state index in [1.165, 1.54) is 6.08 Å².